The summed E-state index contributed by atoms with van der Waals surface area (Å²) in [6, 6.07) is 8.94. The fourth-order valence-electron chi connectivity index (χ4n) is 1.70. The third kappa shape index (κ3) is 2.43. The van der Waals surface area contributed by atoms with Crippen LogP contribution in [0.1, 0.15) is 19.3 Å². The first-order valence-electron chi connectivity index (χ1n) is 5.04. The summed E-state index contributed by atoms with van der Waals surface area (Å²) in [4.78, 5) is 22.6. The maximum atomic E-state index is 11.6. The van der Waals surface area contributed by atoms with E-state index in [9.17, 15) is 9.59 Å². The van der Waals surface area contributed by atoms with Crippen LogP contribution in [0.3, 0.4) is 0 Å². The third-order valence-electron chi connectivity index (χ3n) is 2.54. The van der Waals surface area contributed by atoms with Gasteiger partial charge in [-0.05, 0) is 18.6 Å². The van der Waals surface area contributed by atoms with Crippen LogP contribution < -0.4 is 4.74 Å². The predicted octanol–water partition coefficient (Wildman–Crippen LogP) is 1.96. The van der Waals surface area contributed by atoms with Crippen molar-refractivity contribution < 1.29 is 14.3 Å². The normalized spacial score (nSPS) is 20.3. The van der Waals surface area contributed by atoms with E-state index in [1.807, 2.05) is 18.2 Å². The standard InChI is InChI=1S/C12H12O3/c13-10-7-6-9(8-10)12(14)15-11-4-2-1-3-5-11/h1-5,9H,6-8H2. The smallest absolute Gasteiger partial charge is 0.314 e. The molecule has 0 aromatic heterocycles. The van der Waals surface area contributed by atoms with Crippen LogP contribution in [-0.4, -0.2) is 11.8 Å². The lowest BCUT2D eigenvalue weighted by Crippen LogP contribution is -2.18. The molecule has 1 aromatic carbocycles. The number of benzene rings is 1. The zero-order valence-electron chi connectivity index (χ0n) is 8.31. The van der Waals surface area contributed by atoms with Gasteiger partial charge in [-0.2, -0.15) is 0 Å². The minimum Gasteiger partial charge on any atom is -0.426 e. The second-order valence-corrected chi connectivity index (χ2v) is 3.71. The molecular formula is C12H12O3. The molecular weight excluding hydrogens is 192 g/mol. The number of hydrogen-bond acceptors (Lipinski definition) is 3. The van der Waals surface area contributed by atoms with Gasteiger partial charge >= 0.3 is 5.97 Å². The van der Waals surface area contributed by atoms with Crippen LogP contribution in [0.2, 0.25) is 0 Å². The molecule has 3 nitrogen and oxygen atoms in total. The van der Waals surface area contributed by atoms with Crippen LogP contribution in [0.15, 0.2) is 30.3 Å². The SMILES string of the molecule is O=C1CCC(C(=O)Oc2ccccc2)C1. The van der Waals surface area contributed by atoms with E-state index in [1.165, 1.54) is 0 Å². The summed E-state index contributed by atoms with van der Waals surface area (Å²) in [5, 5.41) is 0. The Balaban J connectivity index is 1.96. The Labute approximate surface area is 88.1 Å². The molecule has 0 N–H and O–H groups in total. The van der Waals surface area contributed by atoms with Gasteiger partial charge < -0.3 is 4.74 Å². The van der Waals surface area contributed by atoms with E-state index in [4.69, 9.17) is 4.74 Å². The average Bonchev–Trinajstić information content (AvgIpc) is 2.66. The van der Waals surface area contributed by atoms with E-state index >= 15 is 0 Å². The number of carbonyl (C=O) groups is 2. The number of ketones is 1. The molecule has 0 aliphatic heterocycles. The average molecular weight is 204 g/mol. The number of ether oxygens (including phenoxy) is 1. The molecule has 1 saturated carbocycles. The molecule has 2 rings (SSSR count). The lowest BCUT2D eigenvalue weighted by Gasteiger charge is -2.07. The fraction of sp³-hybridized carbons (Fsp3) is 0.333. The molecule has 0 spiro atoms. The van der Waals surface area contributed by atoms with Crippen molar-refractivity contribution in [3.05, 3.63) is 30.3 Å². The molecule has 1 fully saturated rings. The number of para-hydroxylation sites is 1. The van der Waals surface area contributed by atoms with Crippen molar-refractivity contribution in [3.8, 4) is 5.75 Å². The van der Waals surface area contributed by atoms with Gasteiger partial charge in [0.2, 0.25) is 0 Å². The van der Waals surface area contributed by atoms with Gasteiger partial charge in [-0.25, -0.2) is 0 Å². The molecule has 78 valence electrons. The topological polar surface area (TPSA) is 43.4 Å². The van der Waals surface area contributed by atoms with E-state index in [0.29, 0.717) is 25.0 Å². The number of Topliss-reactive ketones (excluding diaryl/α,β-unsaturated/α-hetero) is 1. The van der Waals surface area contributed by atoms with Crippen LogP contribution in [0.25, 0.3) is 0 Å². The first kappa shape index (κ1) is 9.90. The first-order valence-corrected chi connectivity index (χ1v) is 5.04. The fourth-order valence-corrected chi connectivity index (χ4v) is 1.70. The molecule has 0 saturated heterocycles. The van der Waals surface area contributed by atoms with E-state index in [1.54, 1.807) is 12.1 Å². The summed E-state index contributed by atoms with van der Waals surface area (Å²) in [6.45, 7) is 0. The lowest BCUT2D eigenvalue weighted by molar-refractivity contribution is -0.139. The van der Waals surface area contributed by atoms with Crippen molar-refractivity contribution in [2.24, 2.45) is 5.92 Å². The van der Waals surface area contributed by atoms with Crippen molar-refractivity contribution in [2.75, 3.05) is 0 Å². The molecule has 1 unspecified atom stereocenters. The Hall–Kier alpha value is -1.64. The highest BCUT2D eigenvalue weighted by atomic mass is 16.5. The van der Waals surface area contributed by atoms with Crippen LogP contribution in [-0.2, 0) is 9.59 Å². The molecule has 1 aliphatic carbocycles. The van der Waals surface area contributed by atoms with Gasteiger partial charge in [0, 0.05) is 12.8 Å². The number of esters is 1. The van der Waals surface area contributed by atoms with E-state index < -0.39 is 0 Å². The third-order valence-corrected chi connectivity index (χ3v) is 2.54. The highest BCUT2D eigenvalue weighted by Gasteiger charge is 2.29. The predicted molar refractivity (Wildman–Crippen MR) is 54.4 cm³/mol. The summed E-state index contributed by atoms with van der Waals surface area (Å²) in [7, 11) is 0. The molecule has 0 bridgehead atoms. The second kappa shape index (κ2) is 4.26. The molecule has 3 heteroatoms. The van der Waals surface area contributed by atoms with Crippen molar-refractivity contribution in [1.29, 1.82) is 0 Å². The van der Waals surface area contributed by atoms with Crippen molar-refractivity contribution >= 4 is 11.8 Å². The molecule has 0 amide bonds. The molecule has 0 heterocycles. The Morgan fingerprint density at radius 1 is 1.27 bits per heavy atom. The van der Waals surface area contributed by atoms with Gasteiger partial charge in [0.1, 0.15) is 11.5 Å². The van der Waals surface area contributed by atoms with E-state index in [2.05, 4.69) is 0 Å². The molecule has 15 heavy (non-hydrogen) atoms. The van der Waals surface area contributed by atoms with Gasteiger partial charge in [0.25, 0.3) is 0 Å². The molecule has 0 radical (unpaired) electrons. The maximum absolute atomic E-state index is 11.6. The number of rotatable bonds is 2. The quantitative estimate of drug-likeness (QED) is 0.546. The van der Waals surface area contributed by atoms with Crippen LogP contribution in [0.5, 0.6) is 5.75 Å². The monoisotopic (exact) mass is 204 g/mol. The van der Waals surface area contributed by atoms with Crippen LogP contribution in [0.4, 0.5) is 0 Å². The molecule has 1 atom stereocenters. The minimum absolute atomic E-state index is 0.157. The van der Waals surface area contributed by atoms with Crippen molar-refractivity contribution in [2.45, 2.75) is 19.3 Å². The second-order valence-electron chi connectivity index (χ2n) is 3.71. The summed E-state index contributed by atoms with van der Waals surface area (Å²) in [6.07, 6.45) is 1.48. The Kier molecular flexibility index (Phi) is 2.81. The Morgan fingerprint density at radius 2 is 2.00 bits per heavy atom. The summed E-state index contributed by atoms with van der Waals surface area (Å²) >= 11 is 0. The largest absolute Gasteiger partial charge is 0.426 e. The van der Waals surface area contributed by atoms with Gasteiger partial charge in [-0.15, -0.1) is 0 Å². The van der Waals surface area contributed by atoms with Crippen LogP contribution >= 0.6 is 0 Å². The highest BCUT2D eigenvalue weighted by Crippen LogP contribution is 2.24. The maximum Gasteiger partial charge on any atom is 0.314 e. The minimum atomic E-state index is -0.285. The lowest BCUT2D eigenvalue weighted by atomic mass is 10.1. The van der Waals surface area contributed by atoms with Gasteiger partial charge in [0.05, 0.1) is 5.92 Å². The Morgan fingerprint density at radius 3 is 2.60 bits per heavy atom. The molecule has 1 aliphatic rings. The van der Waals surface area contributed by atoms with Crippen molar-refractivity contribution in [1.82, 2.24) is 0 Å². The van der Waals surface area contributed by atoms with Crippen molar-refractivity contribution in [3.63, 3.8) is 0 Å². The van der Waals surface area contributed by atoms with E-state index in [0.717, 1.165) is 0 Å². The zero-order chi connectivity index (χ0) is 10.7. The zero-order valence-corrected chi connectivity index (χ0v) is 8.31. The van der Waals surface area contributed by atoms with Gasteiger partial charge in [-0.1, -0.05) is 18.2 Å². The highest BCUT2D eigenvalue weighted by molar-refractivity contribution is 5.88. The van der Waals surface area contributed by atoms with Gasteiger partial charge in [-0.3, -0.25) is 9.59 Å². The first-order chi connectivity index (χ1) is 7.25. The van der Waals surface area contributed by atoms with Crippen LogP contribution in [0, 0.1) is 5.92 Å². The van der Waals surface area contributed by atoms with E-state index in [-0.39, 0.29) is 17.7 Å². The summed E-state index contributed by atoms with van der Waals surface area (Å²) in [5.41, 5.74) is 0. The summed E-state index contributed by atoms with van der Waals surface area (Å²) < 4.78 is 5.16. The number of carbonyl (C=O) groups excluding carboxylic acids is 2. The summed E-state index contributed by atoms with van der Waals surface area (Å²) in [5.74, 6) is 0.177. The number of hydrogen-bond donors (Lipinski definition) is 0. The van der Waals surface area contributed by atoms with Gasteiger partial charge in [0.15, 0.2) is 0 Å². The Bertz CT molecular complexity index is 370. The molecule has 1 aromatic rings.